The first-order valence-corrected chi connectivity index (χ1v) is 7.08. The van der Waals surface area contributed by atoms with Crippen LogP contribution in [-0.2, 0) is 6.54 Å². The van der Waals surface area contributed by atoms with Crippen molar-refractivity contribution in [3.63, 3.8) is 0 Å². The topological polar surface area (TPSA) is 29.3 Å². The molecule has 2 aromatic rings. The number of aryl methyl sites for hydroxylation is 1. The van der Waals surface area contributed by atoms with E-state index in [0.717, 1.165) is 6.54 Å². The third-order valence-electron chi connectivity index (χ3n) is 3.20. The Hall–Kier alpha value is -1.16. The van der Waals surface area contributed by atoms with Crippen LogP contribution in [0.2, 0.25) is 0 Å². The van der Waals surface area contributed by atoms with Crippen LogP contribution in [-0.4, -0.2) is 18.5 Å². The molecule has 18 heavy (non-hydrogen) atoms. The van der Waals surface area contributed by atoms with E-state index < -0.39 is 0 Å². The van der Waals surface area contributed by atoms with E-state index in [-0.39, 0.29) is 6.04 Å². The van der Waals surface area contributed by atoms with Gasteiger partial charge in [-0.1, -0.05) is 35.9 Å². The summed E-state index contributed by atoms with van der Waals surface area (Å²) in [5.41, 5.74) is 8.52. The predicted molar refractivity (Wildman–Crippen MR) is 78.8 cm³/mol. The van der Waals surface area contributed by atoms with Crippen molar-refractivity contribution in [3.8, 4) is 0 Å². The van der Waals surface area contributed by atoms with Gasteiger partial charge in [0.15, 0.2) is 0 Å². The van der Waals surface area contributed by atoms with E-state index in [1.54, 1.807) is 11.3 Å². The van der Waals surface area contributed by atoms with E-state index in [4.69, 9.17) is 5.73 Å². The Morgan fingerprint density at radius 2 is 1.94 bits per heavy atom. The molecule has 0 saturated carbocycles. The first-order valence-electron chi connectivity index (χ1n) is 6.20. The highest BCUT2D eigenvalue weighted by molar-refractivity contribution is 7.09. The van der Waals surface area contributed by atoms with Crippen molar-refractivity contribution >= 4 is 11.3 Å². The van der Waals surface area contributed by atoms with E-state index in [1.165, 1.54) is 16.0 Å². The summed E-state index contributed by atoms with van der Waals surface area (Å²) in [7, 11) is 2.14. The molecule has 3 heteroatoms. The largest absolute Gasteiger partial charge is 0.329 e. The minimum atomic E-state index is 0.285. The number of nitrogens with zero attached hydrogens (tertiary/aromatic N) is 1. The van der Waals surface area contributed by atoms with Crippen LogP contribution in [0.3, 0.4) is 0 Å². The summed E-state index contributed by atoms with van der Waals surface area (Å²) in [6, 6.07) is 13.2. The van der Waals surface area contributed by atoms with Gasteiger partial charge < -0.3 is 5.73 Å². The van der Waals surface area contributed by atoms with Crippen molar-refractivity contribution in [3.05, 3.63) is 57.8 Å². The third kappa shape index (κ3) is 3.19. The molecule has 0 saturated heterocycles. The smallest absolute Gasteiger partial charge is 0.0471 e. The molecule has 0 amide bonds. The molecule has 2 rings (SSSR count). The van der Waals surface area contributed by atoms with Gasteiger partial charge in [-0.2, -0.15) is 0 Å². The molecule has 96 valence electrons. The second kappa shape index (κ2) is 6.14. The molecule has 0 fully saturated rings. The van der Waals surface area contributed by atoms with E-state index in [0.29, 0.717) is 6.54 Å². The Balaban J connectivity index is 2.10. The molecule has 1 heterocycles. The third-order valence-corrected chi connectivity index (χ3v) is 4.06. The Bertz CT molecular complexity index is 462. The van der Waals surface area contributed by atoms with Crippen LogP contribution in [0.1, 0.15) is 22.0 Å². The summed E-state index contributed by atoms with van der Waals surface area (Å²) in [6.07, 6.45) is 0. The summed E-state index contributed by atoms with van der Waals surface area (Å²) in [5.74, 6) is 0. The number of benzene rings is 1. The molecule has 0 aliphatic carbocycles. The van der Waals surface area contributed by atoms with Crippen LogP contribution in [0.4, 0.5) is 0 Å². The average molecular weight is 260 g/mol. The summed E-state index contributed by atoms with van der Waals surface area (Å²) in [6.45, 7) is 3.70. The van der Waals surface area contributed by atoms with Crippen molar-refractivity contribution in [1.82, 2.24) is 4.90 Å². The van der Waals surface area contributed by atoms with Crippen molar-refractivity contribution < 1.29 is 0 Å². The van der Waals surface area contributed by atoms with E-state index >= 15 is 0 Å². The minimum Gasteiger partial charge on any atom is -0.329 e. The van der Waals surface area contributed by atoms with Gasteiger partial charge in [-0.15, -0.1) is 11.3 Å². The normalized spacial score (nSPS) is 12.9. The fourth-order valence-electron chi connectivity index (χ4n) is 2.12. The Morgan fingerprint density at radius 1 is 1.22 bits per heavy atom. The second-order valence-electron chi connectivity index (χ2n) is 4.66. The van der Waals surface area contributed by atoms with Crippen LogP contribution in [0.25, 0.3) is 0 Å². The number of rotatable bonds is 5. The van der Waals surface area contributed by atoms with Crippen LogP contribution in [0.5, 0.6) is 0 Å². The van der Waals surface area contributed by atoms with Gasteiger partial charge in [-0.25, -0.2) is 0 Å². The lowest BCUT2D eigenvalue weighted by atomic mass is 10.0. The average Bonchev–Trinajstić information content (AvgIpc) is 2.85. The van der Waals surface area contributed by atoms with Crippen LogP contribution < -0.4 is 5.73 Å². The van der Waals surface area contributed by atoms with E-state index in [2.05, 4.69) is 60.6 Å². The molecular formula is C15H20N2S. The van der Waals surface area contributed by atoms with Crippen molar-refractivity contribution in [2.45, 2.75) is 19.5 Å². The molecule has 1 unspecified atom stereocenters. The molecule has 1 aromatic carbocycles. The van der Waals surface area contributed by atoms with Crippen LogP contribution in [0.15, 0.2) is 41.8 Å². The monoisotopic (exact) mass is 260 g/mol. The maximum atomic E-state index is 5.93. The zero-order chi connectivity index (χ0) is 13.0. The fraction of sp³-hybridized carbons (Fsp3) is 0.333. The lowest BCUT2D eigenvalue weighted by Gasteiger charge is -2.27. The van der Waals surface area contributed by atoms with Gasteiger partial charge >= 0.3 is 0 Å². The number of thiophene rings is 1. The Kier molecular flexibility index (Phi) is 4.53. The summed E-state index contributed by atoms with van der Waals surface area (Å²) < 4.78 is 0. The molecule has 1 atom stereocenters. The zero-order valence-corrected chi connectivity index (χ0v) is 11.8. The maximum absolute atomic E-state index is 5.93. The summed E-state index contributed by atoms with van der Waals surface area (Å²) in [4.78, 5) is 3.69. The summed E-state index contributed by atoms with van der Waals surface area (Å²) in [5, 5.41) is 2.12. The fourth-order valence-corrected chi connectivity index (χ4v) is 2.88. The molecular weight excluding hydrogens is 240 g/mol. The van der Waals surface area contributed by atoms with Crippen molar-refractivity contribution in [2.75, 3.05) is 13.6 Å². The molecule has 2 N–H and O–H groups in total. The van der Waals surface area contributed by atoms with E-state index in [9.17, 15) is 0 Å². The highest BCUT2D eigenvalue weighted by Gasteiger charge is 2.15. The molecule has 0 spiro atoms. The van der Waals surface area contributed by atoms with Gasteiger partial charge in [0, 0.05) is 24.0 Å². The summed E-state index contributed by atoms with van der Waals surface area (Å²) >= 11 is 1.79. The number of nitrogens with two attached hydrogens (primary N) is 1. The molecule has 0 aliphatic rings. The van der Waals surface area contributed by atoms with E-state index in [1.807, 2.05) is 0 Å². The van der Waals surface area contributed by atoms with Gasteiger partial charge in [0.25, 0.3) is 0 Å². The van der Waals surface area contributed by atoms with Crippen LogP contribution in [0, 0.1) is 6.92 Å². The number of hydrogen-bond donors (Lipinski definition) is 1. The van der Waals surface area contributed by atoms with Crippen molar-refractivity contribution in [2.24, 2.45) is 5.73 Å². The number of hydrogen-bond acceptors (Lipinski definition) is 3. The highest BCUT2D eigenvalue weighted by Crippen LogP contribution is 2.22. The maximum Gasteiger partial charge on any atom is 0.0471 e. The van der Waals surface area contributed by atoms with Crippen LogP contribution >= 0.6 is 11.3 Å². The minimum absolute atomic E-state index is 0.285. The standard InChI is InChI=1S/C15H20N2S/c1-12-5-7-13(8-6-12)15(10-16)17(2)11-14-4-3-9-18-14/h3-9,15H,10-11,16H2,1-2H3. The van der Waals surface area contributed by atoms with Gasteiger partial charge in [-0.05, 0) is 31.0 Å². The molecule has 2 nitrogen and oxygen atoms in total. The lowest BCUT2D eigenvalue weighted by molar-refractivity contribution is 0.244. The van der Waals surface area contributed by atoms with Gasteiger partial charge in [-0.3, -0.25) is 4.90 Å². The molecule has 0 radical (unpaired) electrons. The Labute approximate surface area is 113 Å². The SMILES string of the molecule is Cc1ccc(C(CN)N(C)Cc2cccs2)cc1. The van der Waals surface area contributed by atoms with Gasteiger partial charge in [0.1, 0.15) is 0 Å². The Morgan fingerprint density at radius 3 is 2.50 bits per heavy atom. The lowest BCUT2D eigenvalue weighted by Crippen LogP contribution is -2.29. The molecule has 1 aromatic heterocycles. The molecule has 0 bridgehead atoms. The second-order valence-corrected chi connectivity index (χ2v) is 5.69. The zero-order valence-electron chi connectivity index (χ0n) is 11.0. The highest BCUT2D eigenvalue weighted by atomic mass is 32.1. The van der Waals surface area contributed by atoms with Gasteiger partial charge in [0.2, 0.25) is 0 Å². The first kappa shape index (κ1) is 13.3. The number of likely N-dealkylation sites (N-methyl/N-ethyl adjacent to an activating group) is 1. The molecule has 0 aliphatic heterocycles. The van der Waals surface area contributed by atoms with Crippen molar-refractivity contribution in [1.29, 1.82) is 0 Å². The quantitative estimate of drug-likeness (QED) is 0.894. The predicted octanol–water partition coefficient (Wildman–Crippen LogP) is 3.19. The van der Waals surface area contributed by atoms with Gasteiger partial charge in [0.05, 0.1) is 0 Å². The first-order chi connectivity index (χ1) is 8.70.